The molecule has 0 bridgehead atoms. The van der Waals surface area contributed by atoms with Crippen molar-refractivity contribution in [3.05, 3.63) is 68.4 Å². The van der Waals surface area contributed by atoms with E-state index in [0.717, 1.165) is 30.0 Å². The fourth-order valence-electron chi connectivity index (χ4n) is 3.77. The van der Waals surface area contributed by atoms with Gasteiger partial charge in [-0.2, -0.15) is 5.10 Å². The van der Waals surface area contributed by atoms with Crippen LogP contribution in [0.1, 0.15) is 40.7 Å². The van der Waals surface area contributed by atoms with Gasteiger partial charge in [0.2, 0.25) is 5.95 Å². The van der Waals surface area contributed by atoms with Crippen LogP contribution in [0.2, 0.25) is 0 Å². The largest absolute Gasteiger partial charge is 0.487 e. The maximum absolute atomic E-state index is 12.6. The highest BCUT2D eigenvalue weighted by Crippen LogP contribution is 2.26. The Bertz CT molecular complexity index is 1070. The van der Waals surface area contributed by atoms with E-state index in [4.69, 9.17) is 4.74 Å². The smallest absolute Gasteiger partial charge is 0.256 e. The van der Waals surface area contributed by atoms with Gasteiger partial charge in [-0.25, -0.2) is 4.98 Å². The van der Waals surface area contributed by atoms with Crippen LogP contribution in [-0.4, -0.2) is 26.3 Å². The lowest BCUT2D eigenvalue weighted by atomic mass is 10.1. The summed E-state index contributed by atoms with van der Waals surface area (Å²) in [5, 5.41) is 7.80. The van der Waals surface area contributed by atoms with E-state index < -0.39 is 0 Å². The molecule has 0 aliphatic carbocycles. The Morgan fingerprint density at radius 1 is 1.29 bits per heavy atom. The number of rotatable bonds is 5. The molecule has 1 aromatic carbocycles. The van der Waals surface area contributed by atoms with Crippen LogP contribution >= 0.6 is 0 Å². The van der Waals surface area contributed by atoms with Crippen molar-refractivity contribution in [3.8, 4) is 5.75 Å². The highest BCUT2D eigenvalue weighted by Gasteiger charge is 2.19. The first kappa shape index (κ1) is 18.3. The summed E-state index contributed by atoms with van der Waals surface area (Å²) in [6.45, 7) is 8.04. The molecular formula is C21H25N5O2. The number of nitrogens with one attached hydrogen (secondary N) is 2. The van der Waals surface area contributed by atoms with Gasteiger partial charge in [0.05, 0.1) is 11.4 Å². The molecule has 1 aliphatic rings. The number of benzene rings is 1. The molecule has 0 radical (unpaired) electrons. The van der Waals surface area contributed by atoms with Crippen molar-refractivity contribution in [1.29, 1.82) is 0 Å². The third-order valence-corrected chi connectivity index (χ3v) is 5.30. The Morgan fingerprint density at radius 3 is 2.89 bits per heavy atom. The minimum Gasteiger partial charge on any atom is -0.487 e. The second-order valence-electron chi connectivity index (χ2n) is 7.05. The molecule has 146 valence electrons. The second kappa shape index (κ2) is 7.50. The minimum atomic E-state index is -0.112. The molecule has 3 aromatic rings. The van der Waals surface area contributed by atoms with Crippen LogP contribution in [-0.2, 0) is 26.0 Å². The third-order valence-electron chi connectivity index (χ3n) is 5.30. The van der Waals surface area contributed by atoms with Crippen LogP contribution in [0.3, 0.4) is 0 Å². The van der Waals surface area contributed by atoms with Crippen molar-refractivity contribution < 1.29 is 4.74 Å². The number of ether oxygens (including phenoxy) is 1. The number of aromatic amines is 1. The maximum Gasteiger partial charge on any atom is 0.256 e. The van der Waals surface area contributed by atoms with Gasteiger partial charge in [0.15, 0.2) is 0 Å². The number of hydrogen-bond donors (Lipinski definition) is 2. The third kappa shape index (κ3) is 3.40. The molecule has 4 rings (SSSR count). The second-order valence-corrected chi connectivity index (χ2v) is 7.05. The molecule has 2 N–H and O–H groups in total. The average molecular weight is 379 g/mol. The normalized spacial score (nSPS) is 12.7. The van der Waals surface area contributed by atoms with E-state index in [0.29, 0.717) is 36.8 Å². The number of H-pyrrole nitrogens is 1. The Kier molecular flexibility index (Phi) is 4.90. The molecule has 7 nitrogen and oxygen atoms in total. The number of anilines is 1. The number of hydrogen-bond acceptors (Lipinski definition) is 5. The van der Waals surface area contributed by atoms with Gasteiger partial charge in [0.1, 0.15) is 12.4 Å². The molecule has 28 heavy (non-hydrogen) atoms. The fraction of sp³-hybridized carbons (Fsp3) is 0.381. The fourth-order valence-corrected chi connectivity index (χ4v) is 3.77. The SMILES string of the molecule is CCn1nc(C)c(CCNc2nc3c(c(=O)[nH]2)Cc2ccccc2OC3)c1C. The predicted molar refractivity (Wildman–Crippen MR) is 108 cm³/mol. The summed E-state index contributed by atoms with van der Waals surface area (Å²) < 4.78 is 7.87. The maximum atomic E-state index is 12.6. The van der Waals surface area contributed by atoms with E-state index in [-0.39, 0.29) is 5.56 Å². The van der Waals surface area contributed by atoms with Crippen molar-refractivity contribution in [2.75, 3.05) is 11.9 Å². The van der Waals surface area contributed by atoms with Crippen LogP contribution in [0.25, 0.3) is 0 Å². The average Bonchev–Trinajstić information content (AvgIpc) is 2.86. The molecule has 7 heteroatoms. The number of fused-ring (bicyclic) bond motifs is 2. The van der Waals surface area contributed by atoms with Crippen LogP contribution in [0, 0.1) is 13.8 Å². The van der Waals surface area contributed by atoms with E-state index in [2.05, 4.69) is 34.2 Å². The lowest BCUT2D eigenvalue weighted by Gasteiger charge is -2.09. The van der Waals surface area contributed by atoms with Crippen molar-refractivity contribution in [2.24, 2.45) is 0 Å². The molecule has 0 saturated carbocycles. The molecular weight excluding hydrogens is 354 g/mol. The molecule has 0 fully saturated rings. The lowest BCUT2D eigenvalue weighted by Crippen LogP contribution is -2.21. The van der Waals surface area contributed by atoms with Gasteiger partial charge in [0.25, 0.3) is 5.56 Å². The zero-order chi connectivity index (χ0) is 19.7. The van der Waals surface area contributed by atoms with Crippen LogP contribution in [0.5, 0.6) is 5.75 Å². The van der Waals surface area contributed by atoms with Crippen molar-refractivity contribution in [3.63, 3.8) is 0 Å². The summed E-state index contributed by atoms with van der Waals surface area (Å²) in [6.07, 6.45) is 1.35. The van der Waals surface area contributed by atoms with Gasteiger partial charge >= 0.3 is 0 Å². The summed E-state index contributed by atoms with van der Waals surface area (Å²) in [7, 11) is 0. The van der Waals surface area contributed by atoms with E-state index >= 15 is 0 Å². The van der Waals surface area contributed by atoms with Crippen LogP contribution < -0.4 is 15.6 Å². The van der Waals surface area contributed by atoms with Gasteiger partial charge < -0.3 is 10.1 Å². The molecule has 0 spiro atoms. The van der Waals surface area contributed by atoms with Gasteiger partial charge in [-0.3, -0.25) is 14.5 Å². The molecule has 3 heterocycles. The molecule has 0 unspecified atom stereocenters. The first-order chi connectivity index (χ1) is 13.6. The van der Waals surface area contributed by atoms with Crippen molar-refractivity contribution in [2.45, 2.75) is 46.8 Å². The Labute approximate surface area is 163 Å². The van der Waals surface area contributed by atoms with E-state index in [1.165, 1.54) is 11.3 Å². The molecule has 2 aromatic heterocycles. The van der Waals surface area contributed by atoms with Crippen LogP contribution in [0.4, 0.5) is 5.95 Å². The van der Waals surface area contributed by atoms with E-state index in [9.17, 15) is 4.79 Å². The van der Waals surface area contributed by atoms with E-state index in [1.54, 1.807) is 0 Å². The van der Waals surface area contributed by atoms with Gasteiger partial charge in [-0.15, -0.1) is 0 Å². The topological polar surface area (TPSA) is 84.8 Å². The minimum absolute atomic E-state index is 0.112. The highest BCUT2D eigenvalue weighted by molar-refractivity contribution is 5.41. The summed E-state index contributed by atoms with van der Waals surface area (Å²) in [4.78, 5) is 20.1. The Hall–Kier alpha value is -3.09. The predicted octanol–water partition coefficient (Wildman–Crippen LogP) is 2.74. The van der Waals surface area contributed by atoms with E-state index in [1.807, 2.05) is 35.9 Å². The Balaban J connectivity index is 1.50. The first-order valence-corrected chi connectivity index (χ1v) is 9.66. The standard InChI is InChI=1S/C21H25N5O2/c1-4-26-14(3)16(13(2)25-26)9-10-22-21-23-18-12-28-19-8-6-5-7-15(19)11-17(18)20(27)24-21/h5-8H,4,9-12H2,1-3H3,(H2,22,23,24,27). The van der Waals surface area contributed by atoms with Gasteiger partial charge in [-0.1, -0.05) is 18.2 Å². The number of nitrogens with zero attached hydrogens (tertiary/aromatic N) is 3. The molecule has 1 aliphatic heterocycles. The number of aryl methyl sites for hydroxylation is 2. The first-order valence-electron chi connectivity index (χ1n) is 9.66. The number of para-hydroxylation sites is 1. The van der Waals surface area contributed by atoms with Gasteiger partial charge in [-0.05, 0) is 44.4 Å². The van der Waals surface area contributed by atoms with Crippen molar-refractivity contribution >= 4 is 5.95 Å². The monoisotopic (exact) mass is 379 g/mol. The zero-order valence-corrected chi connectivity index (χ0v) is 16.5. The summed E-state index contributed by atoms with van der Waals surface area (Å²) in [6, 6.07) is 7.80. The molecule has 0 saturated heterocycles. The summed E-state index contributed by atoms with van der Waals surface area (Å²) in [5.74, 6) is 1.30. The molecule has 0 atom stereocenters. The van der Waals surface area contributed by atoms with Crippen LogP contribution in [0.15, 0.2) is 29.1 Å². The van der Waals surface area contributed by atoms with Crippen molar-refractivity contribution in [1.82, 2.24) is 19.7 Å². The quantitative estimate of drug-likeness (QED) is 0.712. The van der Waals surface area contributed by atoms with Gasteiger partial charge in [0, 0.05) is 30.8 Å². The highest BCUT2D eigenvalue weighted by atomic mass is 16.5. The summed E-state index contributed by atoms with van der Waals surface area (Å²) >= 11 is 0. The lowest BCUT2D eigenvalue weighted by molar-refractivity contribution is 0.302. The summed E-state index contributed by atoms with van der Waals surface area (Å²) in [5.41, 5.74) is 5.74. The Morgan fingerprint density at radius 2 is 2.11 bits per heavy atom. The number of aromatic nitrogens is 4. The zero-order valence-electron chi connectivity index (χ0n) is 16.5. The molecule has 0 amide bonds.